The van der Waals surface area contributed by atoms with Gasteiger partial charge in [0.25, 0.3) is 15.9 Å². The molecule has 1 aliphatic heterocycles. The second kappa shape index (κ2) is 6.92. The molecule has 2 heterocycles. The standard InChI is InChI=1S/C18H21ClN4O3S/c1-22-10-17(20-11-22)27(25,26)23-8-13-4-7-16(15(13)9-23)21-18(24)12-2-5-14(19)6-3-12/h2-3,5-6,10-11,13,15-16H,4,7-9H2,1H3,(H,21,24). The van der Waals surface area contributed by atoms with Crippen LogP contribution in [0, 0.1) is 11.8 Å². The maximum absolute atomic E-state index is 12.8. The molecular weight excluding hydrogens is 388 g/mol. The van der Waals surface area contributed by atoms with Crippen molar-refractivity contribution in [2.45, 2.75) is 23.9 Å². The normalized spacial score (nSPS) is 25.5. The largest absolute Gasteiger partial charge is 0.349 e. The van der Waals surface area contributed by atoms with Crippen molar-refractivity contribution in [3.05, 3.63) is 47.4 Å². The third kappa shape index (κ3) is 3.49. The Morgan fingerprint density at radius 1 is 1.22 bits per heavy atom. The highest BCUT2D eigenvalue weighted by Crippen LogP contribution is 2.40. The Bertz CT molecular complexity index is 957. The van der Waals surface area contributed by atoms with Crippen molar-refractivity contribution in [2.24, 2.45) is 18.9 Å². The predicted molar refractivity (Wildman–Crippen MR) is 101 cm³/mol. The van der Waals surface area contributed by atoms with Crippen LogP contribution in [0.1, 0.15) is 23.2 Å². The van der Waals surface area contributed by atoms with Gasteiger partial charge in [-0.2, -0.15) is 4.31 Å². The summed E-state index contributed by atoms with van der Waals surface area (Å²) in [6.07, 6.45) is 4.78. The molecule has 3 unspecified atom stereocenters. The summed E-state index contributed by atoms with van der Waals surface area (Å²) >= 11 is 5.87. The molecule has 1 N–H and O–H groups in total. The number of imidazole rings is 1. The van der Waals surface area contributed by atoms with Crippen molar-refractivity contribution < 1.29 is 13.2 Å². The Morgan fingerprint density at radius 2 is 1.96 bits per heavy atom. The van der Waals surface area contributed by atoms with E-state index in [0.29, 0.717) is 23.7 Å². The summed E-state index contributed by atoms with van der Waals surface area (Å²) < 4.78 is 28.8. The number of carbonyl (C=O) groups excluding carboxylic acids is 1. The van der Waals surface area contributed by atoms with Crippen molar-refractivity contribution in [2.75, 3.05) is 13.1 Å². The van der Waals surface area contributed by atoms with Crippen molar-refractivity contribution in [1.82, 2.24) is 19.2 Å². The molecule has 7 nitrogen and oxygen atoms in total. The molecule has 1 amide bonds. The molecule has 1 aliphatic carbocycles. The molecule has 3 atom stereocenters. The van der Waals surface area contributed by atoms with Crippen LogP contribution in [-0.2, 0) is 17.1 Å². The first-order valence-electron chi connectivity index (χ1n) is 8.89. The summed E-state index contributed by atoms with van der Waals surface area (Å²) in [5.41, 5.74) is 0.554. The number of hydrogen-bond acceptors (Lipinski definition) is 4. The first-order valence-corrected chi connectivity index (χ1v) is 10.7. The number of benzene rings is 1. The number of aromatic nitrogens is 2. The fraction of sp³-hybridized carbons (Fsp3) is 0.444. The molecule has 0 radical (unpaired) electrons. The highest BCUT2D eigenvalue weighted by molar-refractivity contribution is 7.89. The van der Waals surface area contributed by atoms with Gasteiger partial charge in [-0.05, 0) is 48.9 Å². The van der Waals surface area contributed by atoms with Gasteiger partial charge in [-0.25, -0.2) is 13.4 Å². The molecule has 2 aromatic rings. The van der Waals surface area contributed by atoms with Crippen LogP contribution in [0.25, 0.3) is 0 Å². The smallest absolute Gasteiger partial charge is 0.262 e. The van der Waals surface area contributed by atoms with Gasteiger partial charge in [0.1, 0.15) is 0 Å². The van der Waals surface area contributed by atoms with E-state index in [1.807, 2.05) is 0 Å². The van der Waals surface area contributed by atoms with Crippen LogP contribution in [0.2, 0.25) is 5.02 Å². The average molecular weight is 409 g/mol. The van der Waals surface area contributed by atoms with E-state index in [9.17, 15) is 13.2 Å². The molecule has 0 bridgehead atoms. The summed E-state index contributed by atoms with van der Waals surface area (Å²) in [6.45, 7) is 0.895. The van der Waals surface area contributed by atoms with E-state index >= 15 is 0 Å². The van der Waals surface area contributed by atoms with Crippen molar-refractivity contribution >= 4 is 27.5 Å². The molecule has 27 heavy (non-hydrogen) atoms. The summed E-state index contributed by atoms with van der Waals surface area (Å²) in [5.74, 6) is 0.238. The number of nitrogens with zero attached hydrogens (tertiary/aromatic N) is 3. The fourth-order valence-electron chi connectivity index (χ4n) is 4.11. The summed E-state index contributed by atoms with van der Waals surface area (Å²) in [4.78, 5) is 16.5. The van der Waals surface area contributed by atoms with E-state index in [1.54, 1.807) is 35.9 Å². The van der Waals surface area contributed by atoms with E-state index < -0.39 is 10.0 Å². The van der Waals surface area contributed by atoms with Crippen molar-refractivity contribution in [1.29, 1.82) is 0 Å². The molecular formula is C18H21ClN4O3S. The maximum atomic E-state index is 12.8. The molecule has 9 heteroatoms. The number of nitrogens with one attached hydrogen (secondary N) is 1. The van der Waals surface area contributed by atoms with E-state index in [1.165, 1.54) is 16.8 Å². The van der Waals surface area contributed by atoms with Crippen LogP contribution in [0.3, 0.4) is 0 Å². The Kier molecular flexibility index (Phi) is 4.73. The SMILES string of the molecule is Cn1cnc(S(=O)(=O)N2CC3CCC(NC(=O)c4ccc(Cl)cc4)C3C2)c1. The number of rotatable bonds is 4. The monoisotopic (exact) mass is 408 g/mol. The summed E-state index contributed by atoms with van der Waals surface area (Å²) in [5, 5.41) is 3.74. The Hall–Kier alpha value is -1.90. The van der Waals surface area contributed by atoms with Gasteiger partial charge in [0, 0.05) is 43.0 Å². The summed E-state index contributed by atoms with van der Waals surface area (Å²) in [7, 11) is -1.85. The number of aryl methyl sites for hydroxylation is 1. The van der Waals surface area contributed by atoms with Crippen LogP contribution in [0.5, 0.6) is 0 Å². The van der Waals surface area contributed by atoms with Gasteiger partial charge in [0.15, 0.2) is 5.03 Å². The Labute approximate surface area is 163 Å². The lowest BCUT2D eigenvalue weighted by atomic mass is 9.97. The van der Waals surface area contributed by atoms with Gasteiger partial charge >= 0.3 is 0 Å². The number of carbonyl (C=O) groups is 1. The zero-order valence-corrected chi connectivity index (χ0v) is 16.4. The van der Waals surface area contributed by atoms with Gasteiger partial charge in [0.2, 0.25) is 0 Å². The van der Waals surface area contributed by atoms with Gasteiger partial charge in [-0.1, -0.05) is 11.6 Å². The molecule has 1 saturated heterocycles. The van der Waals surface area contributed by atoms with Crippen LogP contribution >= 0.6 is 11.6 Å². The van der Waals surface area contributed by atoms with Gasteiger partial charge in [0.05, 0.1) is 6.33 Å². The van der Waals surface area contributed by atoms with E-state index in [4.69, 9.17) is 11.6 Å². The lowest BCUT2D eigenvalue weighted by molar-refractivity contribution is 0.0927. The minimum Gasteiger partial charge on any atom is -0.349 e. The van der Waals surface area contributed by atoms with Gasteiger partial charge in [-0.15, -0.1) is 0 Å². The predicted octanol–water partition coefficient (Wildman–Crippen LogP) is 1.90. The fourth-order valence-corrected chi connectivity index (χ4v) is 5.73. The zero-order chi connectivity index (χ0) is 19.2. The van der Waals surface area contributed by atoms with Crippen molar-refractivity contribution in [3.63, 3.8) is 0 Å². The van der Waals surface area contributed by atoms with E-state index in [0.717, 1.165) is 12.8 Å². The molecule has 144 valence electrons. The first-order chi connectivity index (χ1) is 12.8. The number of fused-ring (bicyclic) bond motifs is 1. The second-order valence-electron chi connectivity index (χ2n) is 7.29. The Morgan fingerprint density at radius 3 is 2.63 bits per heavy atom. The topological polar surface area (TPSA) is 84.3 Å². The van der Waals surface area contributed by atoms with Crippen LogP contribution in [0.4, 0.5) is 0 Å². The Balaban J connectivity index is 1.45. The first kappa shape index (κ1) is 18.5. The van der Waals surface area contributed by atoms with Crippen LogP contribution < -0.4 is 5.32 Å². The van der Waals surface area contributed by atoms with E-state index in [-0.39, 0.29) is 28.8 Å². The number of halogens is 1. The molecule has 1 saturated carbocycles. The van der Waals surface area contributed by atoms with Gasteiger partial charge < -0.3 is 9.88 Å². The quantitative estimate of drug-likeness (QED) is 0.837. The summed E-state index contributed by atoms with van der Waals surface area (Å²) in [6, 6.07) is 6.73. The van der Waals surface area contributed by atoms with Gasteiger partial charge in [-0.3, -0.25) is 4.79 Å². The highest BCUT2D eigenvalue weighted by atomic mass is 35.5. The molecule has 2 aliphatic rings. The van der Waals surface area contributed by atoms with Crippen LogP contribution in [-0.4, -0.2) is 47.3 Å². The highest BCUT2D eigenvalue weighted by Gasteiger charge is 2.47. The lowest BCUT2D eigenvalue weighted by Crippen LogP contribution is -2.40. The number of amides is 1. The molecule has 0 spiro atoms. The maximum Gasteiger partial charge on any atom is 0.262 e. The second-order valence-corrected chi connectivity index (χ2v) is 9.61. The molecule has 2 fully saturated rings. The minimum atomic E-state index is -3.59. The molecule has 1 aromatic carbocycles. The third-order valence-electron chi connectivity index (χ3n) is 5.53. The zero-order valence-electron chi connectivity index (χ0n) is 14.9. The molecule has 1 aromatic heterocycles. The number of hydrogen-bond donors (Lipinski definition) is 1. The van der Waals surface area contributed by atoms with Crippen LogP contribution in [0.15, 0.2) is 41.8 Å². The third-order valence-corrected chi connectivity index (χ3v) is 7.50. The van der Waals surface area contributed by atoms with E-state index in [2.05, 4.69) is 10.3 Å². The molecule has 4 rings (SSSR count). The lowest BCUT2D eigenvalue weighted by Gasteiger charge is -2.21. The average Bonchev–Trinajstić information content (AvgIpc) is 3.33. The minimum absolute atomic E-state index is 0.0258. The van der Waals surface area contributed by atoms with Crippen molar-refractivity contribution in [3.8, 4) is 0 Å². The number of sulfonamides is 1.